The number of carbonyl (C=O) groups excluding carboxylic acids is 1. The molecule has 19 heavy (non-hydrogen) atoms. The highest BCUT2D eigenvalue weighted by molar-refractivity contribution is 7.89. The molecule has 1 rings (SSSR count). The van der Waals surface area contributed by atoms with Gasteiger partial charge in [0.2, 0.25) is 10.0 Å². The van der Waals surface area contributed by atoms with Crippen LogP contribution >= 0.6 is 0 Å². The van der Waals surface area contributed by atoms with Gasteiger partial charge in [0.15, 0.2) is 0 Å². The molecule has 0 aromatic heterocycles. The van der Waals surface area contributed by atoms with Gasteiger partial charge in [-0.3, -0.25) is 4.79 Å². The average molecular weight is 293 g/mol. The van der Waals surface area contributed by atoms with Crippen LogP contribution in [0.2, 0.25) is 0 Å². The Morgan fingerprint density at radius 1 is 1.47 bits per heavy atom. The molecule has 0 amide bonds. The van der Waals surface area contributed by atoms with Crippen molar-refractivity contribution >= 4 is 16.0 Å². The van der Waals surface area contributed by atoms with Gasteiger partial charge >= 0.3 is 5.97 Å². The van der Waals surface area contributed by atoms with Crippen molar-refractivity contribution in [3.05, 3.63) is 0 Å². The molecule has 1 fully saturated rings. The zero-order chi connectivity index (χ0) is 14.7. The molecule has 0 aromatic rings. The summed E-state index contributed by atoms with van der Waals surface area (Å²) in [6.07, 6.45) is 1.34. The molecule has 1 unspecified atom stereocenters. The molecule has 112 valence electrons. The first kappa shape index (κ1) is 16.4. The van der Waals surface area contributed by atoms with E-state index in [0.717, 1.165) is 12.8 Å². The van der Waals surface area contributed by atoms with Crippen molar-refractivity contribution in [2.24, 2.45) is 0 Å². The van der Waals surface area contributed by atoms with E-state index in [-0.39, 0.29) is 11.9 Å². The summed E-state index contributed by atoms with van der Waals surface area (Å²) < 4.78 is 36.5. The van der Waals surface area contributed by atoms with Gasteiger partial charge < -0.3 is 9.47 Å². The van der Waals surface area contributed by atoms with Crippen LogP contribution in [0.5, 0.6) is 0 Å². The molecule has 0 aromatic carbocycles. The van der Waals surface area contributed by atoms with Crippen LogP contribution in [-0.2, 0) is 24.3 Å². The van der Waals surface area contributed by atoms with Gasteiger partial charge in [-0.25, -0.2) is 13.1 Å². The Morgan fingerprint density at radius 2 is 2.11 bits per heavy atom. The quantitative estimate of drug-likeness (QED) is 0.759. The third-order valence-electron chi connectivity index (χ3n) is 2.55. The summed E-state index contributed by atoms with van der Waals surface area (Å²) in [6, 6.07) is -0.898. The summed E-state index contributed by atoms with van der Waals surface area (Å²) >= 11 is 0. The van der Waals surface area contributed by atoms with E-state index in [1.165, 1.54) is 6.92 Å². The Hall–Kier alpha value is -0.660. The first-order valence-corrected chi connectivity index (χ1v) is 8.09. The maximum atomic E-state index is 11.9. The molecule has 6 nitrogen and oxygen atoms in total. The number of rotatable bonds is 5. The van der Waals surface area contributed by atoms with E-state index in [1.807, 2.05) is 0 Å². The fourth-order valence-electron chi connectivity index (χ4n) is 1.78. The van der Waals surface area contributed by atoms with Crippen molar-refractivity contribution in [2.45, 2.75) is 58.3 Å². The lowest BCUT2D eigenvalue weighted by Crippen LogP contribution is -2.44. The predicted octanol–water partition coefficient (Wildman–Crippen LogP) is 0.815. The molecule has 0 aliphatic carbocycles. The number of ether oxygens (including phenoxy) is 2. The SMILES string of the molecule is C[C@@H](NS(=O)(=O)CC1CCCO1)C(=O)OC(C)(C)C. The summed E-state index contributed by atoms with van der Waals surface area (Å²) in [5, 5.41) is 0. The summed E-state index contributed by atoms with van der Waals surface area (Å²) in [5.74, 6) is -0.691. The van der Waals surface area contributed by atoms with E-state index in [1.54, 1.807) is 20.8 Å². The lowest BCUT2D eigenvalue weighted by atomic mass is 10.2. The van der Waals surface area contributed by atoms with Crippen LogP contribution < -0.4 is 4.72 Å². The molecule has 0 spiro atoms. The highest BCUT2D eigenvalue weighted by Gasteiger charge is 2.28. The maximum Gasteiger partial charge on any atom is 0.324 e. The minimum Gasteiger partial charge on any atom is -0.459 e. The molecule has 7 heteroatoms. The first-order valence-electron chi connectivity index (χ1n) is 6.43. The van der Waals surface area contributed by atoms with Gasteiger partial charge in [0.25, 0.3) is 0 Å². The van der Waals surface area contributed by atoms with E-state index in [0.29, 0.717) is 6.61 Å². The van der Waals surface area contributed by atoms with Crippen molar-refractivity contribution in [3.63, 3.8) is 0 Å². The Kier molecular flexibility index (Phi) is 5.34. The molecule has 0 saturated carbocycles. The van der Waals surface area contributed by atoms with E-state index in [2.05, 4.69) is 4.72 Å². The van der Waals surface area contributed by atoms with Gasteiger partial charge in [0, 0.05) is 6.61 Å². The Labute approximate surface area is 114 Å². The highest BCUT2D eigenvalue weighted by atomic mass is 32.2. The lowest BCUT2D eigenvalue weighted by molar-refractivity contribution is -0.156. The predicted molar refractivity (Wildman–Crippen MR) is 71.2 cm³/mol. The molecule has 2 atom stereocenters. The zero-order valence-corrected chi connectivity index (χ0v) is 12.7. The van der Waals surface area contributed by atoms with E-state index < -0.39 is 27.6 Å². The largest absolute Gasteiger partial charge is 0.459 e. The second kappa shape index (κ2) is 6.19. The summed E-state index contributed by atoms with van der Waals surface area (Å²) in [5.41, 5.74) is -0.634. The van der Waals surface area contributed by atoms with Gasteiger partial charge in [-0.2, -0.15) is 0 Å². The Morgan fingerprint density at radius 3 is 2.58 bits per heavy atom. The van der Waals surface area contributed by atoms with Gasteiger partial charge in [0.1, 0.15) is 11.6 Å². The van der Waals surface area contributed by atoms with Crippen LogP contribution in [0.3, 0.4) is 0 Å². The smallest absolute Gasteiger partial charge is 0.324 e. The zero-order valence-electron chi connectivity index (χ0n) is 11.9. The van der Waals surface area contributed by atoms with Gasteiger partial charge in [-0.15, -0.1) is 0 Å². The van der Waals surface area contributed by atoms with Crippen LogP contribution in [0, 0.1) is 0 Å². The van der Waals surface area contributed by atoms with Crippen molar-refractivity contribution in [3.8, 4) is 0 Å². The Bertz CT molecular complexity index is 406. The van der Waals surface area contributed by atoms with Crippen molar-refractivity contribution in [1.29, 1.82) is 0 Å². The van der Waals surface area contributed by atoms with Crippen molar-refractivity contribution < 1.29 is 22.7 Å². The molecule has 1 N–H and O–H groups in total. The molecule has 1 aliphatic heterocycles. The number of esters is 1. The number of sulfonamides is 1. The Balaban J connectivity index is 2.49. The van der Waals surface area contributed by atoms with E-state index in [9.17, 15) is 13.2 Å². The number of hydrogen-bond donors (Lipinski definition) is 1. The standard InChI is InChI=1S/C12H23NO5S/c1-9(11(14)18-12(2,3)4)13-19(15,16)8-10-6-5-7-17-10/h9-10,13H,5-8H2,1-4H3/t9-,10?/m1/s1. The van der Waals surface area contributed by atoms with Gasteiger partial charge in [-0.1, -0.05) is 0 Å². The molecular weight excluding hydrogens is 270 g/mol. The number of hydrogen-bond acceptors (Lipinski definition) is 5. The molecule has 1 heterocycles. The van der Waals surface area contributed by atoms with E-state index >= 15 is 0 Å². The minimum atomic E-state index is -3.54. The fraction of sp³-hybridized carbons (Fsp3) is 0.917. The summed E-state index contributed by atoms with van der Waals surface area (Å²) in [7, 11) is -3.54. The summed E-state index contributed by atoms with van der Waals surface area (Å²) in [4.78, 5) is 11.7. The topological polar surface area (TPSA) is 81.7 Å². The van der Waals surface area contributed by atoms with Crippen LogP contribution in [0.4, 0.5) is 0 Å². The maximum absolute atomic E-state index is 11.9. The minimum absolute atomic E-state index is 0.111. The van der Waals surface area contributed by atoms with E-state index in [4.69, 9.17) is 9.47 Å². The molecular formula is C12H23NO5S. The van der Waals surface area contributed by atoms with Crippen molar-refractivity contribution in [1.82, 2.24) is 4.72 Å². The normalized spacial score (nSPS) is 22.2. The highest BCUT2D eigenvalue weighted by Crippen LogP contribution is 2.14. The van der Waals surface area contributed by atoms with Crippen LogP contribution in [0.1, 0.15) is 40.5 Å². The van der Waals surface area contributed by atoms with Crippen LogP contribution in [0.25, 0.3) is 0 Å². The summed E-state index contributed by atoms with van der Waals surface area (Å²) in [6.45, 7) is 7.28. The number of carbonyl (C=O) groups is 1. The third-order valence-corrected chi connectivity index (χ3v) is 4.07. The van der Waals surface area contributed by atoms with Gasteiger partial charge in [-0.05, 0) is 40.5 Å². The second-order valence-corrected chi connectivity index (χ2v) is 7.59. The third kappa shape index (κ3) is 6.35. The first-order chi connectivity index (χ1) is 8.59. The fourth-order valence-corrected chi connectivity index (χ4v) is 3.26. The molecule has 0 radical (unpaired) electrons. The second-order valence-electron chi connectivity index (χ2n) is 5.79. The van der Waals surface area contributed by atoms with Crippen molar-refractivity contribution in [2.75, 3.05) is 12.4 Å². The van der Waals surface area contributed by atoms with Crippen LogP contribution in [0.15, 0.2) is 0 Å². The number of nitrogens with one attached hydrogen (secondary N) is 1. The molecule has 0 bridgehead atoms. The average Bonchev–Trinajstić information content (AvgIpc) is 2.65. The lowest BCUT2D eigenvalue weighted by Gasteiger charge is -2.23. The molecule has 1 saturated heterocycles. The monoisotopic (exact) mass is 293 g/mol. The van der Waals surface area contributed by atoms with Crippen LogP contribution in [-0.4, -0.2) is 44.5 Å². The molecule has 1 aliphatic rings. The van der Waals surface area contributed by atoms with Gasteiger partial charge in [0.05, 0.1) is 11.9 Å².